The van der Waals surface area contributed by atoms with Crippen molar-refractivity contribution in [3.05, 3.63) is 58.3 Å². The summed E-state index contributed by atoms with van der Waals surface area (Å²) in [5.41, 5.74) is 3.35. The number of aromatic nitrogens is 1. The Labute approximate surface area is 217 Å². The lowest BCUT2D eigenvalue weighted by Crippen LogP contribution is -2.36. The molecule has 194 valence electrons. The smallest absolute Gasteiger partial charge is 0.301 e. The average molecular weight is 522 g/mol. The molecule has 9 nitrogen and oxygen atoms in total. The lowest BCUT2D eigenvalue weighted by Gasteiger charge is -2.34. The van der Waals surface area contributed by atoms with Crippen LogP contribution in [0.5, 0.6) is 5.75 Å². The second-order valence-corrected chi connectivity index (χ2v) is 12.5. The third-order valence-electron chi connectivity index (χ3n) is 7.50. The summed E-state index contributed by atoms with van der Waals surface area (Å²) in [5, 5.41) is 10.1. The second-order valence-electron chi connectivity index (χ2n) is 10.6. The molecule has 1 saturated heterocycles. The number of ether oxygens (including phenoxy) is 1. The van der Waals surface area contributed by atoms with E-state index in [4.69, 9.17) is 4.74 Å². The van der Waals surface area contributed by atoms with E-state index in [9.17, 15) is 18.5 Å². The molecule has 0 spiro atoms. The number of rotatable bonds is 5. The van der Waals surface area contributed by atoms with Gasteiger partial charge in [0.05, 0.1) is 22.9 Å². The quantitative estimate of drug-likeness (QED) is 0.530. The lowest BCUT2D eigenvalue weighted by atomic mass is 9.71. The summed E-state index contributed by atoms with van der Waals surface area (Å²) in [6.45, 7) is 5.84. The molecule has 5 rings (SSSR count). The maximum Gasteiger partial charge on any atom is 0.301 e. The van der Waals surface area contributed by atoms with Crippen molar-refractivity contribution in [2.45, 2.75) is 38.2 Å². The number of benzene rings is 2. The number of piperidine rings is 1. The third kappa shape index (κ3) is 4.27. The number of hydrogen-bond donors (Lipinski definition) is 2. The molecule has 0 atom stereocenters. The van der Waals surface area contributed by atoms with Gasteiger partial charge in [-0.15, -0.1) is 0 Å². The number of aromatic amines is 1. The van der Waals surface area contributed by atoms with Crippen molar-refractivity contribution in [1.29, 1.82) is 5.26 Å². The molecule has 2 aliphatic rings. The topological polar surface area (TPSA) is 119 Å². The SMILES string of the molecule is CN1CCC(Oc2cc3c(cc2NS(=O)(=O)N(C)C)C(=O)c2c([nH]c4cc(C#N)ccc24)C3(C)C)CC1. The van der Waals surface area contributed by atoms with Crippen LogP contribution >= 0.6 is 0 Å². The number of hydrogen-bond acceptors (Lipinski definition) is 6. The van der Waals surface area contributed by atoms with E-state index in [1.165, 1.54) is 14.1 Å². The maximum absolute atomic E-state index is 13.9. The highest BCUT2D eigenvalue weighted by molar-refractivity contribution is 7.90. The molecular formula is C27H31N5O4S. The fraction of sp³-hybridized carbons (Fsp3) is 0.407. The Morgan fingerprint density at radius 3 is 2.54 bits per heavy atom. The van der Waals surface area contributed by atoms with E-state index < -0.39 is 15.6 Å². The highest BCUT2D eigenvalue weighted by Gasteiger charge is 2.41. The number of H-pyrrole nitrogens is 1. The van der Waals surface area contributed by atoms with Crippen LogP contribution in [0.25, 0.3) is 10.9 Å². The van der Waals surface area contributed by atoms with Crippen molar-refractivity contribution >= 4 is 32.6 Å². The van der Waals surface area contributed by atoms with Gasteiger partial charge in [-0.1, -0.05) is 19.9 Å². The first-order valence-corrected chi connectivity index (χ1v) is 13.7. The summed E-state index contributed by atoms with van der Waals surface area (Å²) < 4.78 is 35.7. The average Bonchev–Trinajstić information content (AvgIpc) is 3.24. The zero-order chi connectivity index (χ0) is 26.7. The predicted molar refractivity (Wildman–Crippen MR) is 142 cm³/mol. The number of likely N-dealkylation sites (tertiary alicyclic amines) is 1. The van der Waals surface area contributed by atoms with Gasteiger partial charge in [0, 0.05) is 54.8 Å². The third-order valence-corrected chi connectivity index (χ3v) is 8.94. The molecule has 37 heavy (non-hydrogen) atoms. The van der Waals surface area contributed by atoms with Crippen LogP contribution in [-0.2, 0) is 15.6 Å². The minimum atomic E-state index is -3.84. The summed E-state index contributed by atoms with van der Waals surface area (Å²) in [6, 6.07) is 10.8. The van der Waals surface area contributed by atoms with E-state index in [1.54, 1.807) is 24.3 Å². The number of nitrogens with one attached hydrogen (secondary N) is 2. The van der Waals surface area contributed by atoms with E-state index in [2.05, 4.69) is 27.7 Å². The van der Waals surface area contributed by atoms with Crippen LogP contribution < -0.4 is 9.46 Å². The molecule has 0 unspecified atom stereocenters. The number of carbonyl (C=O) groups excluding carboxylic acids is 1. The van der Waals surface area contributed by atoms with Gasteiger partial charge in [-0.2, -0.15) is 18.0 Å². The maximum atomic E-state index is 13.9. The Bertz CT molecular complexity index is 1560. The van der Waals surface area contributed by atoms with Crippen LogP contribution in [0.3, 0.4) is 0 Å². The summed E-state index contributed by atoms with van der Waals surface area (Å²) in [5.74, 6) is 0.211. The van der Waals surface area contributed by atoms with E-state index in [-0.39, 0.29) is 17.6 Å². The van der Waals surface area contributed by atoms with Crippen LogP contribution in [0.15, 0.2) is 30.3 Å². The van der Waals surface area contributed by atoms with Gasteiger partial charge in [-0.25, -0.2) is 0 Å². The predicted octanol–water partition coefficient (Wildman–Crippen LogP) is 3.60. The standard InChI is InChI=1S/C27H31N5O4S/c1-27(2)20-14-23(36-17-8-10-32(5)11-9-17)22(30-37(34,35)31(3)4)13-19(20)25(33)24-18-7-6-16(15-28)12-21(18)29-26(24)27/h6-7,12-14,17,29-30H,8-11H2,1-5H3. The molecular weight excluding hydrogens is 490 g/mol. The molecule has 10 heteroatoms. The number of nitriles is 1. The summed E-state index contributed by atoms with van der Waals surface area (Å²) in [6.07, 6.45) is 1.58. The molecule has 0 saturated carbocycles. The van der Waals surface area contributed by atoms with Gasteiger partial charge in [-0.05, 0) is 49.7 Å². The van der Waals surface area contributed by atoms with Crippen molar-refractivity contribution in [2.75, 3.05) is 39.0 Å². The van der Waals surface area contributed by atoms with E-state index in [0.29, 0.717) is 22.4 Å². The second kappa shape index (κ2) is 8.87. The van der Waals surface area contributed by atoms with Crippen LogP contribution in [0.4, 0.5) is 5.69 Å². The molecule has 1 fully saturated rings. The molecule has 1 aliphatic carbocycles. The summed E-state index contributed by atoms with van der Waals surface area (Å²) in [7, 11) is 1.12. The first-order chi connectivity index (χ1) is 17.4. The van der Waals surface area contributed by atoms with Crippen molar-refractivity contribution in [2.24, 2.45) is 0 Å². The van der Waals surface area contributed by atoms with Crippen molar-refractivity contribution in [3.63, 3.8) is 0 Å². The molecule has 2 N–H and O–H groups in total. The van der Waals surface area contributed by atoms with Crippen LogP contribution in [0.1, 0.15) is 59.4 Å². The number of ketones is 1. The summed E-state index contributed by atoms with van der Waals surface area (Å²) >= 11 is 0. The van der Waals surface area contributed by atoms with Crippen molar-refractivity contribution in [1.82, 2.24) is 14.2 Å². The zero-order valence-corrected chi connectivity index (χ0v) is 22.5. The molecule has 3 aromatic rings. The van der Waals surface area contributed by atoms with Crippen molar-refractivity contribution < 1.29 is 17.9 Å². The van der Waals surface area contributed by atoms with Gasteiger partial charge >= 0.3 is 10.2 Å². The Kier molecular flexibility index (Phi) is 6.06. The van der Waals surface area contributed by atoms with Gasteiger partial charge in [-0.3, -0.25) is 9.52 Å². The van der Waals surface area contributed by atoms with Crippen LogP contribution in [0.2, 0.25) is 0 Å². The fourth-order valence-electron chi connectivity index (χ4n) is 5.22. The number of fused-ring (bicyclic) bond motifs is 4. The largest absolute Gasteiger partial charge is 0.488 e. The Balaban J connectivity index is 1.67. The number of carbonyl (C=O) groups is 1. The zero-order valence-electron chi connectivity index (χ0n) is 21.7. The Morgan fingerprint density at radius 2 is 1.89 bits per heavy atom. The minimum Gasteiger partial charge on any atom is -0.488 e. The van der Waals surface area contributed by atoms with Crippen LogP contribution in [-0.4, -0.2) is 68.7 Å². The van der Waals surface area contributed by atoms with Gasteiger partial charge in [0.2, 0.25) is 0 Å². The minimum absolute atomic E-state index is 0.0627. The van der Waals surface area contributed by atoms with Crippen LogP contribution in [0, 0.1) is 11.3 Å². The molecule has 0 amide bonds. The van der Waals surface area contributed by atoms with Gasteiger partial charge in [0.1, 0.15) is 11.9 Å². The first kappa shape index (κ1) is 25.3. The number of nitrogens with zero attached hydrogens (tertiary/aromatic N) is 3. The van der Waals surface area contributed by atoms with Gasteiger partial charge in [0.15, 0.2) is 5.78 Å². The van der Waals surface area contributed by atoms with E-state index in [0.717, 1.165) is 52.4 Å². The van der Waals surface area contributed by atoms with Gasteiger partial charge < -0.3 is 14.6 Å². The Morgan fingerprint density at radius 1 is 1.19 bits per heavy atom. The van der Waals surface area contributed by atoms with Gasteiger partial charge in [0.25, 0.3) is 0 Å². The normalized spacial score (nSPS) is 17.9. The first-order valence-electron chi connectivity index (χ1n) is 12.3. The van der Waals surface area contributed by atoms with E-state index >= 15 is 0 Å². The summed E-state index contributed by atoms with van der Waals surface area (Å²) in [4.78, 5) is 19.5. The molecule has 0 bridgehead atoms. The highest BCUT2D eigenvalue weighted by atomic mass is 32.2. The molecule has 2 heterocycles. The van der Waals surface area contributed by atoms with E-state index in [1.807, 2.05) is 19.9 Å². The van der Waals surface area contributed by atoms with Crippen molar-refractivity contribution in [3.8, 4) is 11.8 Å². The Hall–Kier alpha value is -3.39. The number of anilines is 1. The molecule has 1 aromatic heterocycles. The highest BCUT2D eigenvalue weighted by Crippen LogP contribution is 2.47. The fourth-order valence-corrected chi connectivity index (χ4v) is 5.84. The molecule has 1 aliphatic heterocycles. The lowest BCUT2D eigenvalue weighted by molar-refractivity contribution is 0.103. The molecule has 0 radical (unpaired) electrons. The molecule has 2 aromatic carbocycles. The monoisotopic (exact) mass is 521 g/mol.